The van der Waals surface area contributed by atoms with E-state index in [0.717, 1.165) is 18.2 Å². The number of likely N-dealkylation sites (N-methyl/N-ethyl adjacent to an activating group) is 1. The number of H-pyrrole nitrogens is 1. The van der Waals surface area contributed by atoms with Crippen molar-refractivity contribution in [2.24, 2.45) is 0 Å². The van der Waals surface area contributed by atoms with Crippen LogP contribution in [0.25, 0.3) is 0 Å². The molecule has 12 heteroatoms. The van der Waals surface area contributed by atoms with Crippen LogP contribution in [0.4, 0.5) is 20.2 Å². The molecule has 2 aromatic carbocycles. The lowest BCUT2D eigenvalue weighted by molar-refractivity contribution is 0.0933. The van der Waals surface area contributed by atoms with Gasteiger partial charge in [0.15, 0.2) is 5.69 Å². The van der Waals surface area contributed by atoms with E-state index in [2.05, 4.69) is 25.9 Å². The molecular weight excluding hydrogens is 470 g/mol. The lowest BCUT2D eigenvalue weighted by Crippen LogP contribution is -2.32. The standard InChI is InChI=1S/C22H21ClF2N6O3/c1-31(2)8-7-26-21(33)18-19(28-11-27-18)22(34)29-13-4-6-17(16(25)10-13)30-20(32)14-5-3-12(24)9-15(14)23/h3-6,9-11H,7-8H2,1-2H3,(H,26,33)(H,27,28)(H,29,34)(H,30,32). The van der Waals surface area contributed by atoms with Crippen LogP contribution in [-0.4, -0.2) is 59.8 Å². The Bertz CT molecular complexity index is 1230. The highest BCUT2D eigenvalue weighted by Gasteiger charge is 2.21. The fraction of sp³-hybridized carbons (Fsp3) is 0.182. The molecule has 9 nitrogen and oxygen atoms in total. The molecule has 0 unspecified atom stereocenters. The molecule has 0 fully saturated rings. The molecule has 4 N–H and O–H groups in total. The first kappa shape index (κ1) is 24.8. The number of nitrogens with one attached hydrogen (secondary N) is 4. The minimum atomic E-state index is -0.840. The van der Waals surface area contributed by atoms with Gasteiger partial charge in [-0.3, -0.25) is 14.4 Å². The van der Waals surface area contributed by atoms with E-state index in [4.69, 9.17) is 11.6 Å². The zero-order valence-corrected chi connectivity index (χ0v) is 19.0. The van der Waals surface area contributed by atoms with Crippen LogP contribution >= 0.6 is 11.6 Å². The zero-order chi connectivity index (χ0) is 24.8. The first-order valence-corrected chi connectivity index (χ1v) is 10.4. The third-order valence-electron chi connectivity index (χ3n) is 4.58. The number of imidazole rings is 1. The molecule has 0 aliphatic rings. The van der Waals surface area contributed by atoms with Gasteiger partial charge in [-0.2, -0.15) is 0 Å². The number of amides is 3. The summed E-state index contributed by atoms with van der Waals surface area (Å²) in [5.74, 6) is -3.42. The van der Waals surface area contributed by atoms with E-state index in [1.807, 2.05) is 19.0 Å². The van der Waals surface area contributed by atoms with Gasteiger partial charge in [0.2, 0.25) is 0 Å². The highest BCUT2D eigenvalue weighted by atomic mass is 35.5. The number of benzene rings is 2. The average molecular weight is 491 g/mol. The van der Waals surface area contributed by atoms with Crippen LogP contribution in [-0.2, 0) is 0 Å². The van der Waals surface area contributed by atoms with Crippen LogP contribution in [0.3, 0.4) is 0 Å². The Balaban J connectivity index is 1.67. The average Bonchev–Trinajstić information content (AvgIpc) is 3.25. The molecule has 3 aromatic rings. The second-order valence-electron chi connectivity index (χ2n) is 7.41. The van der Waals surface area contributed by atoms with Crippen LogP contribution in [0.15, 0.2) is 42.7 Å². The van der Waals surface area contributed by atoms with E-state index in [1.165, 1.54) is 24.5 Å². The van der Waals surface area contributed by atoms with Gasteiger partial charge in [0.1, 0.15) is 17.3 Å². The maximum atomic E-state index is 14.5. The normalized spacial score (nSPS) is 10.8. The van der Waals surface area contributed by atoms with Gasteiger partial charge in [-0.25, -0.2) is 13.8 Å². The summed E-state index contributed by atoms with van der Waals surface area (Å²) in [7, 11) is 3.71. The molecule has 34 heavy (non-hydrogen) atoms. The molecule has 0 atom stereocenters. The summed E-state index contributed by atoms with van der Waals surface area (Å²) in [6.45, 7) is 0.977. The fourth-order valence-corrected chi connectivity index (χ4v) is 3.12. The summed E-state index contributed by atoms with van der Waals surface area (Å²) in [6, 6.07) is 6.78. The van der Waals surface area contributed by atoms with Crippen molar-refractivity contribution in [3.05, 3.63) is 76.3 Å². The Labute approximate surface area is 198 Å². The van der Waals surface area contributed by atoms with Crippen LogP contribution in [0.2, 0.25) is 5.02 Å². The van der Waals surface area contributed by atoms with Crippen molar-refractivity contribution in [2.75, 3.05) is 37.8 Å². The predicted molar refractivity (Wildman–Crippen MR) is 123 cm³/mol. The maximum Gasteiger partial charge on any atom is 0.276 e. The van der Waals surface area contributed by atoms with Gasteiger partial charge in [-0.15, -0.1) is 0 Å². The maximum absolute atomic E-state index is 14.5. The van der Waals surface area contributed by atoms with Gasteiger partial charge in [0.25, 0.3) is 17.7 Å². The van der Waals surface area contributed by atoms with E-state index >= 15 is 0 Å². The minimum absolute atomic E-state index is 0.0308. The topological polar surface area (TPSA) is 119 Å². The van der Waals surface area contributed by atoms with E-state index in [-0.39, 0.29) is 33.3 Å². The predicted octanol–water partition coefficient (Wildman–Crippen LogP) is 3.14. The highest BCUT2D eigenvalue weighted by Crippen LogP contribution is 2.23. The van der Waals surface area contributed by atoms with Gasteiger partial charge in [0, 0.05) is 18.8 Å². The number of carbonyl (C=O) groups excluding carboxylic acids is 3. The first-order valence-electron chi connectivity index (χ1n) is 9.99. The summed E-state index contributed by atoms with van der Waals surface area (Å²) >= 11 is 5.86. The minimum Gasteiger partial charge on any atom is -0.349 e. The Hall–Kier alpha value is -3.83. The Morgan fingerprint density at radius 3 is 2.47 bits per heavy atom. The van der Waals surface area contributed by atoms with Crippen LogP contribution in [0.1, 0.15) is 31.3 Å². The summed E-state index contributed by atoms with van der Waals surface area (Å²) in [5.41, 5.74) is -0.330. The molecule has 0 aliphatic carbocycles. The fourth-order valence-electron chi connectivity index (χ4n) is 2.87. The van der Waals surface area contributed by atoms with Crippen LogP contribution in [0.5, 0.6) is 0 Å². The van der Waals surface area contributed by atoms with Crippen molar-refractivity contribution in [1.29, 1.82) is 0 Å². The van der Waals surface area contributed by atoms with Crippen LogP contribution < -0.4 is 16.0 Å². The molecule has 0 saturated heterocycles. The molecular formula is C22H21ClF2N6O3. The van der Waals surface area contributed by atoms with Gasteiger partial charge in [-0.1, -0.05) is 11.6 Å². The van der Waals surface area contributed by atoms with Crippen molar-refractivity contribution in [1.82, 2.24) is 20.2 Å². The molecule has 1 aromatic heterocycles. The molecule has 0 aliphatic heterocycles. The van der Waals surface area contributed by atoms with E-state index in [9.17, 15) is 23.2 Å². The number of hydrogen-bond donors (Lipinski definition) is 4. The zero-order valence-electron chi connectivity index (χ0n) is 18.2. The number of carbonyl (C=O) groups is 3. The number of halogens is 3. The summed E-state index contributed by atoms with van der Waals surface area (Å²) in [6.07, 6.45) is 1.20. The molecule has 3 rings (SSSR count). The number of aromatic nitrogens is 2. The van der Waals surface area contributed by atoms with Gasteiger partial charge < -0.3 is 25.8 Å². The lowest BCUT2D eigenvalue weighted by Gasteiger charge is -2.11. The van der Waals surface area contributed by atoms with Gasteiger partial charge in [0.05, 0.1) is 22.6 Å². The number of hydrogen-bond acceptors (Lipinski definition) is 5. The molecule has 1 heterocycles. The monoisotopic (exact) mass is 490 g/mol. The highest BCUT2D eigenvalue weighted by molar-refractivity contribution is 6.34. The van der Waals surface area contributed by atoms with E-state index in [0.29, 0.717) is 13.1 Å². The smallest absolute Gasteiger partial charge is 0.276 e. The van der Waals surface area contributed by atoms with Gasteiger partial charge >= 0.3 is 0 Å². The number of nitrogens with zero attached hydrogens (tertiary/aromatic N) is 2. The van der Waals surface area contributed by atoms with Gasteiger partial charge in [-0.05, 0) is 50.5 Å². The number of anilines is 2. The Morgan fingerprint density at radius 1 is 1.03 bits per heavy atom. The summed E-state index contributed by atoms with van der Waals surface area (Å²) in [4.78, 5) is 45.6. The molecule has 0 spiro atoms. The SMILES string of the molecule is CN(C)CCNC(=O)c1[nH]cnc1C(=O)Nc1ccc(NC(=O)c2ccc(F)cc2Cl)c(F)c1. The second kappa shape index (κ2) is 10.9. The summed E-state index contributed by atoms with van der Waals surface area (Å²) in [5, 5.41) is 7.34. The third-order valence-corrected chi connectivity index (χ3v) is 4.89. The van der Waals surface area contributed by atoms with Crippen molar-refractivity contribution < 1.29 is 23.2 Å². The second-order valence-corrected chi connectivity index (χ2v) is 7.82. The molecule has 0 radical (unpaired) electrons. The van der Waals surface area contributed by atoms with Crippen LogP contribution in [0, 0.1) is 11.6 Å². The quantitative estimate of drug-likeness (QED) is 0.387. The largest absolute Gasteiger partial charge is 0.349 e. The van der Waals surface area contributed by atoms with E-state index < -0.39 is 29.4 Å². The summed E-state index contributed by atoms with van der Waals surface area (Å²) < 4.78 is 27.7. The molecule has 0 bridgehead atoms. The number of rotatable bonds is 8. The lowest BCUT2D eigenvalue weighted by atomic mass is 10.2. The van der Waals surface area contributed by atoms with Crippen molar-refractivity contribution in [3.8, 4) is 0 Å². The van der Waals surface area contributed by atoms with Crippen molar-refractivity contribution in [3.63, 3.8) is 0 Å². The Kier molecular flexibility index (Phi) is 7.92. The van der Waals surface area contributed by atoms with Crippen molar-refractivity contribution in [2.45, 2.75) is 0 Å². The van der Waals surface area contributed by atoms with E-state index in [1.54, 1.807) is 0 Å². The molecule has 178 valence electrons. The Morgan fingerprint density at radius 2 is 1.79 bits per heavy atom. The molecule has 3 amide bonds. The first-order chi connectivity index (χ1) is 16.2. The van der Waals surface area contributed by atoms with Crippen molar-refractivity contribution >= 4 is 40.7 Å². The third kappa shape index (κ3) is 6.15. The number of aromatic amines is 1. The molecule has 0 saturated carbocycles.